The predicted octanol–water partition coefficient (Wildman–Crippen LogP) is 4.39. The highest BCUT2D eigenvalue weighted by Gasteiger charge is 2.26. The Morgan fingerprint density at radius 1 is 1.25 bits per heavy atom. The summed E-state index contributed by atoms with van der Waals surface area (Å²) in [7, 11) is 1.57. The van der Waals surface area contributed by atoms with Gasteiger partial charge in [-0.2, -0.15) is 0 Å². The lowest BCUT2D eigenvalue weighted by atomic mass is 10.1. The number of nitrogens with zero attached hydrogens (tertiary/aromatic N) is 1. The summed E-state index contributed by atoms with van der Waals surface area (Å²) in [6, 6.07) is 5.51. The van der Waals surface area contributed by atoms with Crippen molar-refractivity contribution >= 4 is 17.5 Å². The van der Waals surface area contributed by atoms with Crippen LogP contribution in [0.2, 0.25) is 5.02 Å². The molecular weight excluding hydrogens is 274 g/mol. The molecule has 1 rings (SSSR count). The Kier molecular flexibility index (Phi) is 6.34. The van der Waals surface area contributed by atoms with Gasteiger partial charge >= 0.3 is 0 Å². The van der Waals surface area contributed by atoms with E-state index >= 15 is 0 Å². The third-order valence-corrected chi connectivity index (χ3v) is 3.99. The van der Waals surface area contributed by atoms with Crippen molar-refractivity contribution in [1.29, 1.82) is 0 Å². The van der Waals surface area contributed by atoms with Gasteiger partial charge in [0.15, 0.2) is 0 Å². The van der Waals surface area contributed by atoms with E-state index in [1.807, 2.05) is 4.90 Å². The maximum absolute atomic E-state index is 12.9. The molecule has 4 heteroatoms. The quantitative estimate of drug-likeness (QED) is 0.779. The lowest BCUT2D eigenvalue weighted by molar-refractivity contribution is 0.0595. The van der Waals surface area contributed by atoms with E-state index in [4.69, 9.17) is 16.3 Å². The zero-order chi connectivity index (χ0) is 15.3. The van der Waals surface area contributed by atoms with Crippen molar-refractivity contribution in [2.75, 3.05) is 7.11 Å². The zero-order valence-corrected chi connectivity index (χ0v) is 13.7. The van der Waals surface area contributed by atoms with Gasteiger partial charge in [-0.1, -0.05) is 25.4 Å². The van der Waals surface area contributed by atoms with Crippen LogP contribution in [-0.2, 0) is 0 Å². The molecule has 20 heavy (non-hydrogen) atoms. The first-order chi connectivity index (χ1) is 9.46. The highest BCUT2D eigenvalue weighted by molar-refractivity contribution is 6.31. The lowest BCUT2D eigenvalue weighted by Crippen LogP contribution is -2.44. The Labute approximate surface area is 126 Å². The number of ether oxygens (including phenoxy) is 1. The van der Waals surface area contributed by atoms with E-state index in [1.54, 1.807) is 25.3 Å². The van der Waals surface area contributed by atoms with E-state index < -0.39 is 0 Å². The molecule has 0 unspecified atom stereocenters. The number of methoxy groups -OCH3 is 1. The van der Waals surface area contributed by atoms with Gasteiger partial charge in [0.1, 0.15) is 5.75 Å². The Morgan fingerprint density at radius 3 is 2.25 bits per heavy atom. The first-order valence-corrected chi connectivity index (χ1v) is 7.50. The standard InChI is InChI=1S/C16H24ClNO2/c1-6-11(3)18(12(4)7-2)16(19)14-10-13(17)8-9-15(14)20-5/h8-12H,6-7H2,1-5H3/t11-,12-/m0/s1. The van der Waals surface area contributed by atoms with Crippen LogP contribution in [0.5, 0.6) is 5.75 Å². The SMILES string of the molecule is CC[C@H](C)N(C(=O)c1cc(Cl)ccc1OC)[C@@H](C)CC. The van der Waals surface area contributed by atoms with E-state index in [1.165, 1.54) is 0 Å². The molecule has 0 aliphatic rings. The van der Waals surface area contributed by atoms with Gasteiger partial charge in [-0.3, -0.25) is 4.79 Å². The minimum absolute atomic E-state index is 0.0203. The smallest absolute Gasteiger partial charge is 0.258 e. The van der Waals surface area contributed by atoms with Crippen LogP contribution in [0.15, 0.2) is 18.2 Å². The van der Waals surface area contributed by atoms with Crippen LogP contribution in [0.3, 0.4) is 0 Å². The molecule has 0 fully saturated rings. The molecule has 0 N–H and O–H groups in total. The third-order valence-electron chi connectivity index (χ3n) is 3.76. The minimum atomic E-state index is -0.0203. The summed E-state index contributed by atoms with van der Waals surface area (Å²) in [5.74, 6) is 0.545. The monoisotopic (exact) mass is 297 g/mol. The average Bonchev–Trinajstić information content (AvgIpc) is 2.46. The average molecular weight is 298 g/mol. The van der Waals surface area contributed by atoms with E-state index in [9.17, 15) is 4.79 Å². The summed E-state index contributed by atoms with van der Waals surface area (Å²) >= 11 is 6.02. The largest absolute Gasteiger partial charge is 0.496 e. The molecule has 2 atom stereocenters. The highest BCUT2D eigenvalue weighted by Crippen LogP contribution is 2.26. The van der Waals surface area contributed by atoms with Gasteiger partial charge in [0.2, 0.25) is 0 Å². The fraction of sp³-hybridized carbons (Fsp3) is 0.562. The third kappa shape index (κ3) is 3.66. The van der Waals surface area contributed by atoms with Gasteiger partial charge in [-0.15, -0.1) is 0 Å². The Morgan fingerprint density at radius 2 is 1.80 bits per heavy atom. The highest BCUT2D eigenvalue weighted by atomic mass is 35.5. The number of amides is 1. The van der Waals surface area contributed by atoms with Gasteiger partial charge in [-0.05, 0) is 44.9 Å². The number of carbonyl (C=O) groups excluding carboxylic acids is 1. The molecule has 0 spiro atoms. The molecule has 1 aromatic rings. The number of halogens is 1. The number of rotatable bonds is 6. The van der Waals surface area contributed by atoms with Gasteiger partial charge in [-0.25, -0.2) is 0 Å². The van der Waals surface area contributed by atoms with Crippen molar-refractivity contribution < 1.29 is 9.53 Å². The fourth-order valence-electron chi connectivity index (χ4n) is 2.21. The molecule has 0 aliphatic carbocycles. The number of carbonyl (C=O) groups is 1. The summed E-state index contributed by atoms with van der Waals surface area (Å²) < 4.78 is 5.29. The fourth-order valence-corrected chi connectivity index (χ4v) is 2.39. The van der Waals surface area contributed by atoms with Crippen LogP contribution in [0.25, 0.3) is 0 Å². The molecule has 1 amide bonds. The Hall–Kier alpha value is -1.22. The second-order valence-electron chi connectivity index (χ2n) is 5.07. The van der Waals surface area contributed by atoms with Crippen LogP contribution in [-0.4, -0.2) is 30.0 Å². The second-order valence-corrected chi connectivity index (χ2v) is 5.51. The van der Waals surface area contributed by atoms with Crippen molar-refractivity contribution in [3.8, 4) is 5.75 Å². The number of benzene rings is 1. The van der Waals surface area contributed by atoms with E-state index in [0.717, 1.165) is 12.8 Å². The first-order valence-electron chi connectivity index (χ1n) is 7.12. The molecule has 1 aromatic carbocycles. The summed E-state index contributed by atoms with van der Waals surface area (Å²) in [6.45, 7) is 8.31. The molecule has 3 nitrogen and oxygen atoms in total. The zero-order valence-electron chi connectivity index (χ0n) is 12.9. The first kappa shape index (κ1) is 16.8. The van der Waals surface area contributed by atoms with Gasteiger partial charge in [0.25, 0.3) is 5.91 Å². The molecule has 0 saturated heterocycles. The normalized spacial score (nSPS) is 13.7. The maximum Gasteiger partial charge on any atom is 0.258 e. The predicted molar refractivity (Wildman–Crippen MR) is 83.7 cm³/mol. The lowest BCUT2D eigenvalue weighted by Gasteiger charge is -2.34. The van der Waals surface area contributed by atoms with Gasteiger partial charge < -0.3 is 9.64 Å². The second kappa shape index (κ2) is 7.53. The van der Waals surface area contributed by atoms with Gasteiger partial charge in [0, 0.05) is 17.1 Å². The summed E-state index contributed by atoms with van der Waals surface area (Å²) in [5, 5.41) is 0.544. The summed E-state index contributed by atoms with van der Waals surface area (Å²) in [6.07, 6.45) is 1.83. The van der Waals surface area contributed by atoms with Crippen LogP contribution in [0.4, 0.5) is 0 Å². The van der Waals surface area contributed by atoms with Crippen molar-refractivity contribution in [3.05, 3.63) is 28.8 Å². The topological polar surface area (TPSA) is 29.5 Å². The molecule has 0 saturated carbocycles. The van der Waals surface area contributed by atoms with Crippen molar-refractivity contribution in [1.82, 2.24) is 4.90 Å². The van der Waals surface area contributed by atoms with Crippen LogP contribution in [0, 0.1) is 0 Å². The van der Waals surface area contributed by atoms with Gasteiger partial charge in [0.05, 0.1) is 12.7 Å². The van der Waals surface area contributed by atoms with Crippen LogP contribution in [0.1, 0.15) is 50.9 Å². The van der Waals surface area contributed by atoms with E-state index in [2.05, 4.69) is 27.7 Å². The molecule has 0 bridgehead atoms. The number of hydrogen-bond donors (Lipinski definition) is 0. The van der Waals surface area contributed by atoms with Crippen molar-refractivity contribution in [2.45, 2.75) is 52.6 Å². The summed E-state index contributed by atoms with van der Waals surface area (Å²) in [4.78, 5) is 14.8. The Bertz CT molecular complexity index is 452. The molecule has 112 valence electrons. The maximum atomic E-state index is 12.9. The Balaban J connectivity index is 3.21. The molecule has 0 radical (unpaired) electrons. The molecule has 0 aromatic heterocycles. The van der Waals surface area contributed by atoms with E-state index in [-0.39, 0.29) is 18.0 Å². The molecular formula is C16H24ClNO2. The minimum Gasteiger partial charge on any atom is -0.496 e. The van der Waals surface area contributed by atoms with Crippen LogP contribution >= 0.6 is 11.6 Å². The van der Waals surface area contributed by atoms with Crippen molar-refractivity contribution in [2.24, 2.45) is 0 Å². The molecule has 0 aliphatic heterocycles. The van der Waals surface area contributed by atoms with Crippen LogP contribution < -0.4 is 4.74 Å². The summed E-state index contributed by atoms with van der Waals surface area (Å²) in [5.41, 5.74) is 0.528. The molecule has 0 heterocycles. The number of hydrogen-bond acceptors (Lipinski definition) is 2. The van der Waals surface area contributed by atoms with Crippen molar-refractivity contribution in [3.63, 3.8) is 0 Å². The van der Waals surface area contributed by atoms with E-state index in [0.29, 0.717) is 16.3 Å².